The van der Waals surface area contributed by atoms with Crippen molar-refractivity contribution in [3.8, 4) is 6.07 Å². The Kier molecular flexibility index (Phi) is 6.14. The van der Waals surface area contributed by atoms with Gasteiger partial charge in [-0.05, 0) is 38.8 Å². The van der Waals surface area contributed by atoms with Crippen molar-refractivity contribution in [3.63, 3.8) is 0 Å². The molecule has 2 N–H and O–H groups in total. The Labute approximate surface area is 136 Å². The number of nitrogens with one attached hydrogen (secondary N) is 2. The molecule has 0 fully saturated rings. The van der Waals surface area contributed by atoms with E-state index in [-0.39, 0.29) is 5.92 Å². The second-order valence-corrected chi connectivity index (χ2v) is 6.51. The molecule has 1 rings (SSSR count). The summed E-state index contributed by atoms with van der Waals surface area (Å²) in [4.78, 5) is 24.3. The molecule has 0 saturated carbocycles. The van der Waals surface area contributed by atoms with E-state index in [1.54, 1.807) is 45.0 Å². The third kappa shape index (κ3) is 5.99. The molecule has 0 saturated heterocycles. The number of hydrogen-bond acceptors (Lipinski definition) is 4. The van der Waals surface area contributed by atoms with Crippen LogP contribution in [0.1, 0.15) is 40.2 Å². The number of nitriles is 1. The van der Waals surface area contributed by atoms with Gasteiger partial charge in [-0.15, -0.1) is 0 Å². The van der Waals surface area contributed by atoms with E-state index in [0.29, 0.717) is 11.3 Å². The maximum atomic E-state index is 12.4. The van der Waals surface area contributed by atoms with Gasteiger partial charge in [0.05, 0.1) is 11.3 Å². The van der Waals surface area contributed by atoms with Gasteiger partial charge in [-0.3, -0.25) is 4.79 Å². The zero-order valence-electron chi connectivity index (χ0n) is 14.1. The van der Waals surface area contributed by atoms with Crippen molar-refractivity contribution < 1.29 is 14.3 Å². The van der Waals surface area contributed by atoms with E-state index in [4.69, 9.17) is 10.00 Å². The first-order valence-electron chi connectivity index (χ1n) is 7.43. The van der Waals surface area contributed by atoms with E-state index >= 15 is 0 Å². The van der Waals surface area contributed by atoms with Crippen molar-refractivity contribution in [1.29, 1.82) is 5.26 Å². The fourth-order valence-corrected chi connectivity index (χ4v) is 1.87. The summed E-state index contributed by atoms with van der Waals surface area (Å²) < 4.78 is 5.18. The van der Waals surface area contributed by atoms with Gasteiger partial charge in [0.2, 0.25) is 5.91 Å². The van der Waals surface area contributed by atoms with Crippen LogP contribution in [0.2, 0.25) is 0 Å². The Hall–Kier alpha value is -2.55. The molecule has 1 aromatic carbocycles. The predicted octanol–water partition coefficient (Wildman–Crippen LogP) is 3.05. The molecule has 0 bridgehead atoms. The Morgan fingerprint density at radius 2 is 1.83 bits per heavy atom. The number of carbonyl (C=O) groups is 2. The molecule has 2 amide bonds. The fourth-order valence-electron chi connectivity index (χ4n) is 1.87. The summed E-state index contributed by atoms with van der Waals surface area (Å²) in [5.41, 5.74) is 0.132. The van der Waals surface area contributed by atoms with Crippen molar-refractivity contribution in [2.75, 3.05) is 5.32 Å². The van der Waals surface area contributed by atoms with Crippen molar-refractivity contribution in [3.05, 3.63) is 29.8 Å². The number of nitrogens with zero attached hydrogens (tertiary/aromatic N) is 1. The van der Waals surface area contributed by atoms with E-state index in [1.165, 1.54) is 0 Å². The number of alkyl carbamates (subject to hydrolysis) is 1. The Morgan fingerprint density at radius 3 is 2.35 bits per heavy atom. The quantitative estimate of drug-likeness (QED) is 0.893. The highest BCUT2D eigenvalue weighted by Gasteiger charge is 2.27. The molecule has 0 aromatic heterocycles. The van der Waals surface area contributed by atoms with Crippen LogP contribution in [-0.4, -0.2) is 23.6 Å². The van der Waals surface area contributed by atoms with E-state index in [2.05, 4.69) is 10.6 Å². The van der Waals surface area contributed by atoms with Crippen LogP contribution in [-0.2, 0) is 9.53 Å². The molecule has 0 unspecified atom stereocenters. The first kappa shape index (κ1) is 18.5. The summed E-state index contributed by atoms with van der Waals surface area (Å²) in [5.74, 6) is -0.537. The third-order valence-corrected chi connectivity index (χ3v) is 2.93. The van der Waals surface area contributed by atoms with Gasteiger partial charge in [0.1, 0.15) is 17.7 Å². The Bertz CT molecular complexity index is 612. The smallest absolute Gasteiger partial charge is 0.408 e. The first-order chi connectivity index (χ1) is 10.6. The van der Waals surface area contributed by atoms with Gasteiger partial charge in [-0.1, -0.05) is 26.0 Å². The second kappa shape index (κ2) is 7.63. The zero-order valence-corrected chi connectivity index (χ0v) is 14.1. The van der Waals surface area contributed by atoms with E-state index in [0.717, 1.165) is 0 Å². The zero-order chi connectivity index (χ0) is 17.6. The van der Waals surface area contributed by atoms with E-state index in [9.17, 15) is 9.59 Å². The predicted molar refractivity (Wildman–Crippen MR) is 87.8 cm³/mol. The minimum Gasteiger partial charge on any atom is -0.444 e. The Morgan fingerprint density at radius 1 is 1.22 bits per heavy atom. The number of benzene rings is 1. The summed E-state index contributed by atoms with van der Waals surface area (Å²) in [6.45, 7) is 8.89. The lowest BCUT2D eigenvalue weighted by Gasteiger charge is -2.25. The first-order valence-corrected chi connectivity index (χ1v) is 7.43. The molecule has 124 valence electrons. The molecule has 0 spiro atoms. The molecule has 0 aliphatic rings. The molecule has 1 atom stereocenters. The van der Waals surface area contributed by atoms with Gasteiger partial charge in [0, 0.05) is 0 Å². The molecule has 1 aromatic rings. The van der Waals surface area contributed by atoms with Crippen molar-refractivity contribution in [1.82, 2.24) is 5.32 Å². The minimum absolute atomic E-state index is 0.142. The molecule has 0 aliphatic heterocycles. The molecule has 6 heteroatoms. The molecule has 6 nitrogen and oxygen atoms in total. The summed E-state index contributed by atoms with van der Waals surface area (Å²) >= 11 is 0. The molecule has 0 heterocycles. The molecular weight excluding hydrogens is 294 g/mol. The van der Waals surface area contributed by atoms with Crippen LogP contribution in [0.4, 0.5) is 10.5 Å². The molecule has 0 radical (unpaired) electrons. The number of anilines is 1. The highest BCUT2D eigenvalue weighted by molar-refractivity contribution is 5.97. The van der Waals surface area contributed by atoms with Crippen LogP contribution in [0, 0.1) is 17.2 Å². The number of rotatable bonds is 4. The van der Waals surface area contributed by atoms with Crippen molar-refractivity contribution in [2.24, 2.45) is 5.92 Å². The highest BCUT2D eigenvalue weighted by Crippen LogP contribution is 2.15. The number of hydrogen-bond donors (Lipinski definition) is 2. The maximum absolute atomic E-state index is 12.4. The number of ether oxygens (including phenoxy) is 1. The average molecular weight is 317 g/mol. The number of amides is 2. The van der Waals surface area contributed by atoms with E-state index < -0.39 is 23.6 Å². The summed E-state index contributed by atoms with van der Waals surface area (Å²) in [5, 5.41) is 14.3. The number of para-hydroxylation sites is 1. The molecule has 0 aliphatic carbocycles. The standard InChI is InChI=1S/C17H23N3O3/c1-11(2)14(20-16(22)23-17(3,4)5)15(21)19-13-9-7-6-8-12(13)10-18/h6-9,11,14H,1-5H3,(H,19,21)(H,20,22)/t14-/m0/s1. The topological polar surface area (TPSA) is 91.2 Å². The van der Waals surface area contributed by atoms with Crippen LogP contribution in [0.5, 0.6) is 0 Å². The Balaban J connectivity index is 2.84. The van der Waals surface area contributed by atoms with Crippen LogP contribution in [0.25, 0.3) is 0 Å². The van der Waals surface area contributed by atoms with Crippen LogP contribution >= 0.6 is 0 Å². The average Bonchev–Trinajstić information content (AvgIpc) is 2.43. The summed E-state index contributed by atoms with van der Waals surface area (Å²) in [7, 11) is 0. The molecule has 23 heavy (non-hydrogen) atoms. The van der Waals surface area contributed by atoms with Gasteiger partial charge in [0.25, 0.3) is 0 Å². The van der Waals surface area contributed by atoms with E-state index in [1.807, 2.05) is 19.9 Å². The normalized spacial score (nSPS) is 12.2. The van der Waals surface area contributed by atoms with Gasteiger partial charge < -0.3 is 15.4 Å². The largest absolute Gasteiger partial charge is 0.444 e. The van der Waals surface area contributed by atoms with Gasteiger partial charge >= 0.3 is 6.09 Å². The SMILES string of the molecule is CC(C)[C@H](NC(=O)OC(C)(C)C)C(=O)Nc1ccccc1C#N. The van der Waals surface area contributed by atoms with Crippen LogP contribution in [0.3, 0.4) is 0 Å². The fraction of sp³-hybridized carbons (Fsp3) is 0.471. The summed E-state index contributed by atoms with van der Waals surface area (Å²) in [6, 6.07) is 7.94. The molecular formula is C17H23N3O3. The summed E-state index contributed by atoms with van der Waals surface area (Å²) in [6.07, 6.45) is -0.653. The van der Waals surface area contributed by atoms with Gasteiger partial charge in [0.15, 0.2) is 0 Å². The van der Waals surface area contributed by atoms with Crippen LogP contribution in [0.15, 0.2) is 24.3 Å². The lowest BCUT2D eigenvalue weighted by Crippen LogP contribution is -2.48. The van der Waals surface area contributed by atoms with Crippen molar-refractivity contribution in [2.45, 2.75) is 46.3 Å². The number of carbonyl (C=O) groups excluding carboxylic acids is 2. The highest BCUT2D eigenvalue weighted by atomic mass is 16.6. The monoisotopic (exact) mass is 317 g/mol. The van der Waals surface area contributed by atoms with Crippen molar-refractivity contribution >= 4 is 17.7 Å². The second-order valence-electron chi connectivity index (χ2n) is 6.51. The third-order valence-electron chi connectivity index (χ3n) is 2.93. The lowest BCUT2D eigenvalue weighted by molar-refractivity contribution is -0.119. The van der Waals surface area contributed by atoms with Crippen LogP contribution < -0.4 is 10.6 Å². The minimum atomic E-state index is -0.767. The maximum Gasteiger partial charge on any atom is 0.408 e. The lowest BCUT2D eigenvalue weighted by atomic mass is 10.0. The van der Waals surface area contributed by atoms with Gasteiger partial charge in [-0.25, -0.2) is 4.79 Å². The van der Waals surface area contributed by atoms with Gasteiger partial charge in [-0.2, -0.15) is 5.26 Å².